The van der Waals surface area contributed by atoms with Gasteiger partial charge in [-0.2, -0.15) is 5.26 Å². The van der Waals surface area contributed by atoms with Gasteiger partial charge in [0.15, 0.2) is 0 Å². The van der Waals surface area contributed by atoms with Crippen molar-refractivity contribution in [2.45, 2.75) is 44.8 Å². The molecule has 0 N–H and O–H groups in total. The second kappa shape index (κ2) is 7.48. The smallest absolute Gasteiger partial charge is 0.415 e. The summed E-state index contributed by atoms with van der Waals surface area (Å²) in [6.07, 6.45) is 8.19. The highest BCUT2D eigenvalue weighted by Gasteiger charge is 2.51. The van der Waals surface area contributed by atoms with Crippen LogP contribution in [0.5, 0.6) is 6.01 Å². The summed E-state index contributed by atoms with van der Waals surface area (Å²) < 4.78 is 13.1. The normalized spacial score (nSPS) is 25.2. The van der Waals surface area contributed by atoms with Crippen LogP contribution in [0.4, 0.5) is 10.5 Å². The van der Waals surface area contributed by atoms with Crippen molar-refractivity contribution >= 4 is 22.8 Å². The summed E-state index contributed by atoms with van der Waals surface area (Å²) in [5.74, 6) is 0. The summed E-state index contributed by atoms with van der Waals surface area (Å²) in [4.78, 5) is 27.1. The van der Waals surface area contributed by atoms with Gasteiger partial charge in [0.1, 0.15) is 5.60 Å². The summed E-state index contributed by atoms with van der Waals surface area (Å²) >= 11 is 0. The monoisotopic (exact) mass is 432 g/mol. The van der Waals surface area contributed by atoms with Crippen molar-refractivity contribution < 1.29 is 14.3 Å². The van der Waals surface area contributed by atoms with Crippen LogP contribution in [-0.4, -0.2) is 44.9 Å². The number of methoxy groups -OCH3 is 1. The van der Waals surface area contributed by atoms with Crippen LogP contribution in [0.15, 0.2) is 36.9 Å². The van der Waals surface area contributed by atoms with Gasteiger partial charge in [0, 0.05) is 6.54 Å². The number of aromatic nitrogens is 4. The quantitative estimate of drug-likeness (QED) is 0.619. The number of carbonyl (C=O) groups is 1. The van der Waals surface area contributed by atoms with Gasteiger partial charge in [-0.15, -0.1) is 0 Å². The molecule has 2 fully saturated rings. The van der Waals surface area contributed by atoms with E-state index < -0.39 is 5.60 Å². The maximum absolute atomic E-state index is 12.7. The van der Waals surface area contributed by atoms with E-state index in [4.69, 9.17) is 9.47 Å². The molecular weight excluding hydrogens is 408 g/mol. The van der Waals surface area contributed by atoms with Crippen molar-refractivity contribution in [2.24, 2.45) is 5.41 Å². The Morgan fingerprint density at radius 1 is 1.25 bits per heavy atom. The van der Waals surface area contributed by atoms with Crippen LogP contribution in [0.25, 0.3) is 11.0 Å². The Bertz CT molecular complexity index is 1220. The summed E-state index contributed by atoms with van der Waals surface area (Å²) in [5.41, 5.74) is 2.41. The number of hydrogen-bond donors (Lipinski definition) is 0. The summed E-state index contributed by atoms with van der Waals surface area (Å²) in [7, 11) is 1.50. The summed E-state index contributed by atoms with van der Waals surface area (Å²) in [6.45, 7) is 3.45. The van der Waals surface area contributed by atoms with E-state index in [-0.39, 0.29) is 17.5 Å². The fraction of sp³-hybridized carbons (Fsp3) is 0.435. The lowest BCUT2D eigenvalue weighted by Crippen LogP contribution is -2.45. The number of nitrogens with zero attached hydrogens (tertiary/aromatic N) is 6. The third-order valence-corrected chi connectivity index (χ3v) is 6.54. The van der Waals surface area contributed by atoms with E-state index in [2.05, 4.69) is 32.5 Å². The molecule has 9 heteroatoms. The molecule has 32 heavy (non-hydrogen) atoms. The van der Waals surface area contributed by atoms with Gasteiger partial charge in [-0.3, -0.25) is 4.90 Å². The van der Waals surface area contributed by atoms with Crippen LogP contribution in [0.2, 0.25) is 0 Å². The fourth-order valence-electron chi connectivity index (χ4n) is 5.19. The van der Waals surface area contributed by atoms with Gasteiger partial charge in [-0.05, 0) is 49.3 Å². The molecule has 1 aromatic carbocycles. The molecule has 1 saturated carbocycles. The van der Waals surface area contributed by atoms with Crippen LogP contribution in [0, 0.1) is 16.7 Å². The summed E-state index contributed by atoms with van der Waals surface area (Å²) in [5, 5.41) is 9.26. The van der Waals surface area contributed by atoms with Gasteiger partial charge in [0.25, 0.3) is 0 Å². The van der Waals surface area contributed by atoms with E-state index >= 15 is 0 Å². The minimum Gasteiger partial charge on any atom is -0.467 e. The average molecular weight is 432 g/mol. The molecule has 3 aromatic rings. The Hall–Kier alpha value is -3.67. The number of rotatable bonds is 4. The molecule has 1 aliphatic carbocycles. The molecule has 1 spiro atoms. The zero-order valence-electron chi connectivity index (χ0n) is 18.1. The van der Waals surface area contributed by atoms with Gasteiger partial charge in [0.2, 0.25) is 0 Å². The molecule has 1 amide bonds. The lowest BCUT2D eigenvalue weighted by Gasteiger charge is -2.43. The number of hydrogen-bond acceptors (Lipinski definition) is 7. The Morgan fingerprint density at radius 2 is 2.06 bits per heavy atom. The zero-order valence-corrected chi connectivity index (χ0v) is 18.1. The van der Waals surface area contributed by atoms with Gasteiger partial charge in [-0.1, -0.05) is 6.92 Å². The first-order valence-corrected chi connectivity index (χ1v) is 10.6. The zero-order chi connectivity index (χ0) is 22.3. The number of nitriles is 1. The molecule has 0 radical (unpaired) electrons. The van der Waals surface area contributed by atoms with E-state index in [1.54, 1.807) is 23.4 Å². The third kappa shape index (κ3) is 3.51. The maximum Gasteiger partial charge on any atom is 0.415 e. The number of anilines is 1. The summed E-state index contributed by atoms with van der Waals surface area (Å²) in [6, 6.07) is 8.00. The molecule has 2 aliphatic rings. The van der Waals surface area contributed by atoms with Crippen LogP contribution in [0.3, 0.4) is 0 Å². The molecule has 0 bridgehead atoms. The van der Waals surface area contributed by atoms with Crippen LogP contribution in [0.1, 0.15) is 38.2 Å². The predicted molar refractivity (Wildman–Crippen MR) is 116 cm³/mol. The van der Waals surface area contributed by atoms with Crippen LogP contribution in [-0.2, 0) is 11.3 Å². The molecule has 1 saturated heterocycles. The highest BCUT2D eigenvalue weighted by molar-refractivity contribution is 5.90. The number of fused-ring (bicyclic) bond motifs is 1. The first kappa shape index (κ1) is 20.2. The minimum absolute atomic E-state index is 0.0821. The van der Waals surface area contributed by atoms with Crippen molar-refractivity contribution in [3.63, 3.8) is 0 Å². The Balaban J connectivity index is 1.38. The highest BCUT2D eigenvalue weighted by atomic mass is 16.6. The first-order chi connectivity index (χ1) is 15.4. The van der Waals surface area contributed by atoms with E-state index in [1.165, 1.54) is 7.11 Å². The van der Waals surface area contributed by atoms with Gasteiger partial charge in [-0.25, -0.2) is 19.7 Å². The van der Waals surface area contributed by atoms with Crippen molar-refractivity contribution in [3.05, 3.63) is 42.5 Å². The first-order valence-electron chi connectivity index (χ1n) is 10.6. The minimum atomic E-state index is -0.543. The number of ether oxygens (including phenoxy) is 2. The molecule has 2 aromatic heterocycles. The second-order valence-electron chi connectivity index (χ2n) is 9.09. The van der Waals surface area contributed by atoms with Crippen molar-refractivity contribution in [3.8, 4) is 12.1 Å². The topological polar surface area (TPSA) is 106 Å². The van der Waals surface area contributed by atoms with Gasteiger partial charge in [0.05, 0.1) is 60.7 Å². The van der Waals surface area contributed by atoms with Crippen molar-refractivity contribution in [1.29, 1.82) is 5.26 Å². The lowest BCUT2D eigenvalue weighted by molar-refractivity contribution is -0.0264. The van der Waals surface area contributed by atoms with E-state index in [0.717, 1.165) is 43.3 Å². The Labute approximate surface area is 185 Å². The number of benzene rings is 1. The molecule has 3 heterocycles. The van der Waals surface area contributed by atoms with Crippen LogP contribution < -0.4 is 9.64 Å². The largest absolute Gasteiger partial charge is 0.467 e. The van der Waals surface area contributed by atoms with Crippen LogP contribution >= 0.6 is 0 Å². The predicted octanol–water partition coefficient (Wildman–Crippen LogP) is 3.68. The van der Waals surface area contributed by atoms with E-state index in [1.807, 2.05) is 18.5 Å². The van der Waals surface area contributed by atoms with Gasteiger partial charge < -0.3 is 14.0 Å². The highest BCUT2D eigenvalue weighted by Crippen LogP contribution is 2.47. The molecule has 0 unspecified atom stereocenters. The molecule has 1 aliphatic heterocycles. The molecule has 5 rings (SSSR count). The van der Waals surface area contributed by atoms with Gasteiger partial charge >= 0.3 is 12.1 Å². The van der Waals surface area contributed by atoms with E-state index in [9.17, 15) is 10.1 Å². The average Bonchev–Trinajstić information content (AvgIpc) is 3.33. The SMILES string of the molecule is COc1ncc(N2C[C@@]3(CCC[C@](C)(Cn4cnc5ccc(C#N)cc54)C3)OC2=O)cn1. The fourth-order valence-corrected chi connectivity index (χ4v) is 5.19. The van der Waals surface area contributed by atoms with E-state index in [0.29, 0.717) is 17.8 Å². The Kier molecular flexibility index (Phi) is 4.73. The standard InChI is InChI=1S/C23H24N6O3/c1-22(13-28-15-27-18-5-4-16(9-24)8-19(18)28)6-3-7-23(12-22)14-29(21(30)32-23)17-10-25-20(31-2)26-11-17/h4-5,8,10-11,15H,3,6-7,12-14H2,1-2H3/t22-,23-/m0/s1. The number of amides is 1. The Morgan fingerprint density at radius 3 is 2.81 bits per heavy atom. The van der Waals surface area contributed by atoms with Crippen molar-refractivity contribution in [2.75, 3.05) is 18.6 Å². The maximum atomic E-state index is 12.7. The third-order valence-electron chi connectivity index (χ3n) is 6.54. The molecule has 2 atom stereocenters. The molecule has 9 nitrogen and oxygen atoms in total. The lowest BCUT2D eigenvalue weighted by atomic mass is 9.68. The molecule has 164 valence electrons. The van der Waals surface area contributed by atoms with Crippen molar-refractivity contribution in [1.82, 2.24) is 19.5 Å². The second-order valence-corrected chi connectivity index (χ2v) is 9.09. The number of carbonyl (C=O) groups excluding carboxylic acids is 1. The number of imidazole rings is 1. The molecular formula is C23H24N6O3.